The van der Waals surface area contributed by atoms with Gasteiger partial charge in [-0.3, -0.25) is 15.0 Å². The average molecular weight is 408 g/mol. The van der Waals surface area contributed by atoms with Gasteiger partial charge in [0, 0.05) is 26.2 Å². The summed E-state index contributed by atoms with van der Waals surface area (Å²) in [6, 6.07) is 0. The summed E-state index contributed by atoms with van der Waals surface area (Å²) in [5, 5.41) is 0. The SMILES string of the molecule is C#CCCCC1=NCCO1.C(CC1=NCCO1)CC1OCCO1.CC1=NCCO1. The zero-order valence-electron chi connectivity index (χ0n) is 17.4. The van der Waals surface area contributed by atoms with Gasteiger partial charge in [0.15, 0.2) is 24.0 Å². The molecule has 162 valence electrons. The summed E-state index contributed by atoms with van der Waals surface area (Å²) in [5.41, 5.74) is 0. The molecule has 0 spiro atoms. The second-order valence-electron chi connectivity index (χ2n) is 6.62. The number of terminal acetylenes is 1. The highest BCUT2D eigenvalue weighted by Gasteiger charge is 2.16. The Morgan fingerprint density at radius 1 is 0.828 bits per heavy atom. The van der Waals surface area contributed by atoms with Gasteiger partial charge in [-0.1, -0.05) is 0 Å². The quantitative estimate of drug-likeness (QED) is 0.479. The molecule has 0 radical (unpaired) electrons. The highest BCUT2D eigenvalue weighted by molar-refractivity contribution is 5.77. The van der Waals surface area contributed by atoms with Crippen LogP contribution >= 0.6 is 0 Å². The van der Waals surface area contributed by atoms with E-state index >= 15 is 0 Å². The summed E-state index contributed by atoms with van der Waals surface area (Å²) in [4.78, 5) is 12.3. The van der Waals surface area contributed by atoms with Crippen LogP contribution in [-0.2, 0) is 23.7 Å². The lowest BCUT2D eigenvalue weighted by molar-refractivity contribution is -0.0474. The van der Waals surface area contributed by atoms with Crippen molar-refractivity contribution >= 4 is 17.7 Å². The Hall–Kier alpha value is -2.11. The first-order valence-corrected chi connectivity index (χ1v) is 10.4. The van der Waals surface area contributed by atoms with Gasteiger partial charge < -0.3 is 23.7 Å². The fraction of sp³-hybridized carbons (Fsp3) is 0.762. The van der Waals surface area contributed by atoms with Crippen LogP contribution in [0.15, 0.2) is 15.0 Å². The number of nitrogens with zero attached hydrogens (tertiary/aromatic N) is 3. The van der Waals surface area contributed by atoms with Crippen molar-refractivity contribution in [2.75, 3.05) is 52.7 Å². The molecule has 8 heteroatoms. The van der Waals surface area contributed by atoms with Crippen molar-refractivity contribution < 1.29 is 23.7 Å². The molecular formula is C21H33N3O5. The maximum Gasteiger partial charge on any atom is 0.183 e. The van der Waals surface area contributed by atoms with Crippen LogP contribution in [0.25, 0.3) is 0 Å². The van der Waals surface area contributed by atoms with Gasteiger partial charge >= 0.3 is 0 Å². The van der Waals surface area contributed by atoms with Crippen molar-refractivity contribution in [3.05, 3.63) is 0 Å². The molecule has 0 N–H and O–H groups in total. The molecule has 4 aliphatic rings. The number of rotatable bonds is 7. The first-order chi connectivity index (χ1) is 14.3. The molecule has 4 aliphatic heterocycles. The lowest BCUT2D eigenvalue weighted by Crippen LogP contribution is -2.08. The molecule has 0 bridgehead atoms. The largest absolute Gasteiger partial charge is 0.479 e. The maximum absolute atomic E-state index is 5.31. The molecule has 4 heterocycles. The number of hydrogen-bond donors (Lipinski definition) is 0. The van der Waals surface area contributed by atoms with E-state index < -0.39 is 0 Å². The van der Waals surface area contributed by atoms with Crippen molar-refractivity contribution in [3.63, 3.8) is 0 Å². The van der Waals surface area contributed by atoms with Crippen LogP contribution in [0.2, 0.25) is 0 Å². The molecule has 0 aromatic heterocycles. The number of ether oxygens (including phenoxy) is 5. The molecule has 29 heavy (non-hydrogen) atoms. The third-order valence-electron chi connectivity index (χ3n) is 4.27. The highest BCUT2D eigenvalue weighted by atomic mass is 16.7. The van der Waals surface area contributed by atoms with Crippen LogP contribution < -0.4 is 0 Å². The average Bonchev–Trinajstić information content (AvgIpc) is 3.52. The maximum atomic E-state index is 5.31. The lowest BCUT2D eigenvalue weighted by Gasteiger charge is -2.07. The van der Waals surface area contributed by atoms with Crippen LogP contribution in [0.5, 0.6) is 0 Å². The van der Waals surface area contributed by atoms with E-state index in [4.69, 9.17) is 30.1 Å². The Morgan fingerprint density at radius 2 is 1.41 bits per heavy atom. The summed E-state index contributed by atoms with van der Waals surface area (Å²) < 4.78 is 26.0. The molecule has 0 atom stereocenters. The summed E-state index contributed by atoms with van der Waals surface area (Å²) >= 11 is 0. The predicted octanol–water partition coefficient (Wildman–Crippen LogP) is 2.61. The fourth-order valence-electron chi connectivity index (χ4n) is 2.84. The minimum absolute atomic E-state index is 0.0157. The molecule has 1 fully saturated rings. The Bertz CT molecular complexity index is 592. The minimum atomic E-state index is 0.0157. The van der Waals surface area contributed by atoms with Gasteiger partial charge in [-0.15, -0.1) is 12.3 Å². The van der Waals surface area contributed by atoms with E-state index in [1.54, 1.807) is 0 Å². The first kappa shape index (κ1) is 23.2. The number of unbranched alkanes of at least 4 members (excludes halogenated alkanes) is 1. The number of aliphatic imine (C=N–C) groups is 3. The van der Waals surface area contributed by atoms with Gasteiger partial charge in [0.2, 0.25) is 0 Å². The van der Waals surface area contributed by atoms with Crippen molar-refractivity contribution in [2.24, 2.45) is 15.0 Å². The summed E-state index contributed by atoms with van der Waals surface area (Å²) in [5.74, 6) is 5.20. The molecule has 0 aliphatic carbocycles. The zero-order chi connectivity index (χ0) is 20.6. The van der Waals surface area contributed by atoms with Crippen LogP contribution in [-0.4, -0.2) is 76.7 Å². The molecule has 0 unspecified atom stereocenters. The van der Waals surface area contributed by atoms with Crippen molar-refractivity contribution in [3.8, 4) is 12.3 Å². The molecule has 1 saturated heterocycles. The number of hydrogen-bond acceptors (Lipinski definition) is 8. The van der Waals surface area contributed by atoms with Crippen LogP contribution in [0.4, 0.5) is 0 Å². The van der Waals surface area contributed by atoms with Gasteiger partial charge in [0.1, 0.15) is 19.8 Å². The third-order valence-corrected chi connectivity index (χ3v) is 4.27. The summed E-state index contributed by atoms with van der Waals surface area (Å²) in [6.07, 6.45) is 10.7. The molecule has 4 rings (SSSR count). The Kier molecular flexibility index (Phi) is 11.8. The molecule has 0 aromatic rings. The zero-order valence-corrected chi connectivity index (χ0v) is 17.4. The van der Waals surface area contributed by atoms with E-state index in [2.05, 4.69) is 20.9 Å². The minimum Gasteiger partial charge on any atom is -0.479 e. The van der Waals surface area contributed by atoms with Gasteiger partial charge in [0.05, 0.1) is 32.8 Å². The van der Waals surface area contributed by atoms with Gasteiger partial charge in [0.25, 0.3) is 0 Å². The van der Waals surface area contributed by atoms with Crippen LogP contribution in [0.3, 0.4) is 0 Å². The van der Waals surface area contributed by atoms with E-state index in [9.17, 15) is 0 Å². The Morgan fingerprint density at radius 3 is 1.86 bits per heavy atom. The fourth-order valence-corrected chi connectivity index (χ4v) is 2.84. The van der Waals surface area contributed by atoms with E-state index in [1.807, 2.05) is 6.92 Å². The summed E-state index contributed by atoms with van der Waals surface area (Å²) in [7, 11) is 0. The normalized spacial score (nSPS) is 19.9. The van der Waals surface area contributed by atoms with Gasteiger partial charge in [-0.05, 0) is 19.3 Å². The highest BCUT2D eigenvalue weighted by Crippen LogP contribution is 2.13. The van der Waals surface area contributed by atoms with Gasteiger partial charge in [-0.2, -0.15) is 0 Å². The molecular weight excluding hydrogens is 374 g/mol. The second kappa shape index (κ2) is 14.8. The standard InChI is InChI=1S/C9H15NO3.C8H11NO.C4H7NO/c1(2-8-10-4-5-11-8)3-9-12-6-7-13-9;1-2-3-4-5-8-9-6-7-10-8;1-4-5-2-3-6-4/h9H,1-7H2;1H,3-7H2;2-3H2,1H3. The van der Waals surface area contributed by atoms with Gasteiger partial charge in [-0.25, -0.2) is 0 Å². The molecule has 0 amide bonds. The van der Waals surface area contributed by atoms with Crippen LogP contribution in [0, 0.1) is 12.3 Å². The van der Waals surface area contributed by atoms with Crippen molar-refractivity contribution in [2.45, 2.75) is 51.7 Å². The third kappa shape index (κ3) is 10.9. The summed E-state index contributed by atoms with van der Waals surface area (Å²) in [6.45, 7) is 8.14. The first-order valence-electron chi connectivity index (χ1n) is 10.4. The smallest absolute Gasteiger partial charge is 0.183 e. The monoisotopic (exact) mass is 407 g/mol. The predicted molar refractivity (Wildman–Crippen MR) is 113 cm³/mol. The van der Waals surface area contributed by atoms with Crippen molar-refractivity contribution in [1.29, 1.82) is 0 Å². The van der Waals surface area contributed by atoms with Crippen LogP contribution in [0.1, 0.15) is 45.4 Å². The molecule has 8 nitrogen and oxygen atoms in total. The second-order valence-corrected chi connectivity index (χ2v) is 6.62. The van der Waals surface area contributed by atoms with E-state index in [0.717, 1.165) is 109 Å². The molecule has 0 saturated carbocycles. The van der Waals surface area contributed by atoms with Crippen molar-refractivity contribution in [1.82, 2.24) is 0 Å². The van der Waals surface area contributed by atoms with E-state index in [-0.39, 0.29) is 6.29 Å². The lowest BCUT2D eigenvalue weighted by atomic mass is 10.2. The topological polar surface area (TPSA) is 83.2 Å². The Balaban J connectivity index is 0.000000166. The van der Waals surface area contributed by atoms with E-state index in [1.165, 1.54) is 0 Å². The molecule has 0 aromatic carbocycles. The van der Waals surface area contributed by atoms with E-state index in [0.29, 0.717) is 0 Å². The Labute approximate surface area is 173 Å².